The van der Waals surface area contributed by atoms with Crippen molar-refractivity contribution < 1.29 is 4.79 Å². The van der Waals surface area contributed by atoms with Gasteiger partial charge in [0, 0.05) is 51.2 Å². The maximum atomic E-state index is 12.6. The topological polar surface area (TPSA) is 51.7 Å². The number of pyridine rings is 1. The van der Waals surface area contributed by atoms with Crippen molar-refractivity contribution in [3.8, 4) is 11.1 Å². The third-order valence-corrected chi connectivity index (χ3v) is 7.38. The number of carbonyl (C=O) groups is 1. The number of hydrogen-bond donors (Lipinski definition) is 1. The number of piperidine rings is 1. The Labute approximate surface area is 201 Å². The smallest absolute Gasteiger partial charge is 0.247 e. The average Bonchev–Trinajstić information content (AvgIpc) is 2.90. The minimum atomic E-state index is -0.0468. The highest BCUT2D eigenvalue weighted by Crippen LogP contribution is 2.35. The van der Waals surface area contributed by atoms with E-state index >= 15 is 0 Å². The van der Waals surface area contributed by atoms with Gasteiger partial charge in [0.05, 0.1) is 5.69 Å². The van der Waals surface area contributed by atoms with Gasteiger partial charge in [-0.3, -0.25) is 9.69 Å². The molecule has 6 nitrogen and oxygen atoms in total. The fourth-order valence-corrected chi connectivity index (χ4v) is 5.50. The maximum absolute atomic E-state index is 12.6. The number of anilines is 3. The predicted molar refractivity (Wildman–Crippen MR) is 137 cm³/mol. The molecule has 1 unspecified atom stereocenters. The third-order valence-electron chi connectivity index (χ3n) is 7.38. The van der Waals surface area contributed by atoms with Gasteiger partial charge in [-0.05, 0) is 54.2 Å². The summed E-state index contributed by atoms with van der Waals surface area (Å²) in [5.74, 6) is 1.06. The second-order valence-corrected chi connectivity index (χ2v) is 9.59. The number of nitrogens with zero attached hydrogens (tertiary/aromatic N) is 4. The van der Waals surface area contributed by atoms with Crippen LogP contribution in [0.5, 0.6) is 0 Å². The van der Waals surface area contributed by atoms with E-state index < -0.39 is 0 Å². The van der Waals surface area contributed by atoms with E-state index in [2.05, 4.69) is 80.7 Å². The van der Waals surface area contributed by atoms with E-state index in [0.29, 0.717) is 0 Å². The van der Waals surface area contributed by atoms with Crippen molar-refractivity contribution in [2.75, 3.05) is 47.8 Å². The number of rotatable bonds is 4. The summed E-state index contributed by atoms with van der Waals surface area (Å²) >= 11 is 0. The molecule has 1 N–H and O–H groups in total. The van der Waals surface area contributed by atoms with Gasteiger partial charge in [-0.15, -0.1) is 0 Å². The van der Waals surface area contributed by atoms with Gasteiger partial charge < -0.3 is 15.1 Å². The quantitative estimate of drug-likeness (QED) is 0.635. The van der Waals surface area contributed by atoms with Crippen LogP contribution in [0.15, 0.2) is 66.9 Å². The molecule has 0 radical (unpaired) electrons. The molecule has 3 aliphatic heterocycles. The number of piperazine rings is 1. The van der Waals surface area contributed by atoms with E-state index in [9.17, 15) is 4.79 Å². The summed E-state index contributed by atoms with van der Waals surface area (Å²) in [5.41, 5.74) is 5.83. The molecule has 1 aromatic heterocycles. The molecule has 0 bridgehead atoms. The van der Waals surface area contributed by atoms with Crippen LogP contribution in [0.25, 0.3) is 11.1 Å². The highest BCUT2D eigenvalue weighted by atomic mass is 16.2. The van der Waals surface area contributed by atoms with E-state index in [1.54, 1.807) is 0 Å². The van der Waals surface area contributed by atoms with Gasteiger partial charge in [0.1, 0.15) is 6.04 Å². The molecule has 6 rings (SSSR count). The number of benzene rings is 2. The van der Waals surface area contributed by atoms with E-state index in [0.717, 1.165) is 75.6 Å². The first-order valence-electron chi connectivity index (χ1n) is 12.4. The maximum Gasteiger partial charge on any atom is 0.247 e. The summed E-state index contributed by atoms with van der Waals surface area (Å²) < 4.78 is 0. The first-order chi connectivity index (χ1) is 16.7. The zero-order valence-corrected chi connectivity index (χ0v) is 19.5. The monoisotopic (exact) mass is 453 g/mol. The molecule has 0 saturated carbocycles. The Bertz CT molecular complexity index is 1160. The average molecular weight is 454 g/mol. The van der Waals surface area contributed by atoms with Crippen LogP contribution in [-0.4, -0.2) is 54.6 Å². The van der Waals surface area contributed by atoms with Gasteiger partial charge in [0.25, 0.3) is 0 Å². The van der Waals surface area contributed by atoms with Crippen molar-refractivity contribution in [3.05, 3.63) is 72.4 Å². The predicted octanol–water partition coefficient (Wildman–Crippen LogP) is 4.38. The Balaban J connectivity index is 1.08. The zero-order chi connectivity index (χ0) is 22.9. The van der Waals surface area contributed by atoms with E-state index in [1.165, 1.54) is 16.8 Å². The molecular formula is C28H31N5O. The summed E-state index contributed by atoms with van der Waals surface area (Å²) in [4.78, 5) is 24.5. The summed E-state index contributed by atoms with van der Waals surface area (Å²) in [5, 5.41) is 3.11. The van der Waals surface area contributed by atoms with Gasteiger partial charge in [-0.2, -0.15) is 0 Å². The van der Waals surface area contributed by atoms with Crippen LogP contribution in [0.1, 0.15) is 24.8 Å². The van der Waals surface area contributed by atoms with Crippen LogP contribution < -0.4 is 15.1 Å². The van der Waals surface area contributed by atoms with Crippen LogP contribution in [0, 0.1) is 0 Å². The van der Waals surface area contributed by atoms with Crippen molar-refractivity contribution in [3.63, 3.8) is 0 Å². The van der Waals surface area contributed by atoms with E-state index in [1.807, 2.05) is 6.20 Å². The largest absolute Gasteiger partial charge is 0.369 e. The Kier molecular flexibility index (Phi) is 5.67. The number of amides is 1. The minimum absolute atomic E-state index is 0.0468. The molecule has 0 aliphatic carbocycles. The van der Waals surface area contributed by atoms with Crippen molar-refractivity contribution in [2.45, 2.75) is 31.8 Å². The van der Waals surface area contributed by atoms with Crippen molar-refractivity contribution in [2.24, 2.45) is 0 Å². The molecule has 4 heterocycles. The van der Waals surface area contributed by atoms with Crippen molar-refractivity contribution >= 4 is 23.1 Å². The molecule has 0 spiro atoms. The van der Waals surface area contributed by atoms with Gasteiger partial charge in [-0.25, -0.2) is 4.98 Å². The molecule has 3 aliphatic rings. The van der Waals surface area contributed by atoms with E-state index in [4.69, 9.17) is 4.98 Å². The minimum Gasteiger partial charge on any atom is -0.369 e. The lowest BCUT2D eigenvalue weighted by molar-refractivity contribution is -0.118. The van der Waals surface area contributed by atoms with Gasteiger partial charge >= 0.3 is 0 Å². The first kappa shape index (κ1) is 21.2. The number of fused-ring (bicyclic) bond motifs is 3. The van der Waals surface area contributed by atoms with Crippen LogP contribution in [-0.2, 0) is 11.3 Å². The van der Waals surface area contributed by atoms with Gasteiger partial charge in [0.2, 0.25) is 5.91 Å². The summed E-state index contributed by atoms with van der Waals surface area (Å²) in [6.45, 7) is 5.83. The van der Waals surface area contributed by atoms with E-state index in [-0.39, 0.29) is 11.9 Å². The van der Waals surface area contributed by atoms with Crippen molar-refractivity contribution in [1.82, 2.24) is 9.88 Å². The van der Waals surface area contributed by atoms with Crippen LogP contribution >= 0.6 is 0 Å². The van der Waals surface area contributed by atoms with Crippen LogP contribution in [0.3, 0.4) is 0 Å². The number of nitrogens with one attached hydrogen (secondary N) is 1. The number of aromatic nitrogens is 1. The molecule has 1 amide bonds. The fourth-order valence-electron chi connectivity index (χ4n) is 5.50. The molecule has 2 fully saturated rings. The lowest BCUT2D eigenvalue weighted by atomic mass is 9.99. The lowest BCUT2D eigenvalue weighted by Gasteiger charge is -2.40. The molecule has 1 atom stereocenters. The Morgan fingerprint density at radius 1 is 0.882 bits per heavy atom. The highest BCUT2D eigenvalue weighted by Gasteiger charge is 2.35. The molecule has 6 heteroatoms. The summed E-state index contributed by atoms with van der Waals surface area (Å²) in [7, 11) is 0. The van der Waals surface area contributed by atoms with Gasteiger partial charge in [0.15, 0.2) is 5.82 Å². The Hall–Kier alpha value is -3.38. The molecule has 2 aromatic carbocycles. The normalized spacial score (nSPS) is 20.5. The molecule has 34 heavy (non-hydrogen) atoms. The molecule has 3 aromatic rings. The highest BCUT2D eigenvalue weighted by molar-refractivity contribution is 6.02. The molecular weight excluding hydrogens is 422 g/mol. The lowest BCUT2D eigenvalue weighted by Crippen LogP contribution is -2.51. The van der Waals surface area contributed by atoms with Crippen LogP contribution in [0.4, 0.5) is 17.2 Å². The van der Waals surface area contributed by atoms with Crippen LogP contribution in [0.2, 0.25) is 0 Å². The van der Waals surface area contributed by atoms with Gasteiger partial charge in [-0.1, -0.05) is 42.5 Å². The first-order valence-corrected chi connectivity index (χ1v) is 12.4. The number of carbonyl (C=O) groups excluding carboxylic acids is 1. The standard InChI is InChI=1S/C28H31N5O/c34-28-26-8-4-5-13-33(26)27-25(30-28)18-21(19-29-27)20-31-14-16-32(17-15-31)24-11-9-23(10-12-24)22-6-2-1-3-7-22/h1-3,6-7,9-12,18-19,26H,4-5,8,13-17,20H2,(H,30,34). The van der Waals surface area contributed by atoms with Crippen molar-refractivity contribution in [1.29, 1.82) is 0 Å². The summed E-state index contributed by atoms with van der Waals surface area (Å²) in [6, 6.07) is 21.5. The Morgan fingerprint density at radius 2 is 1.65 bits per heavy atom. The molecule has 174 valence electrons. The second kappa shape index (κ2) is 9.11. The number of hydrogen-bond acceptors (Lipinski definition) is 5. The zero-order valence-electron chi connectivity index (χ0n) is 19.5. The summed E-state index contributed by atoms with van der Waals surface area (Å²) in [6.07, 6.45) is 5.17. The SMILES string of the molecule is O=C1Nc2cc(CN3CCN(c4ccc(-c5ccccc5)cc4)CC3)cnc2N2CCCCC12. The molecule has 2 saturated heterocycles. The Morgan fingerprint density at radius 3 is 2.44 bits per heavy atom. The second-order valence-electron chi connectivity index (χ2n) is 9.59. The fraction of sp³-hybridized carbons (Fsp3) is 0.357. The third kappa shape index (κ3) is 4.14.